The minimum atomic E-state index is -1.36. The van der Waals surface area contributed by atoms with Crippen molar-refractivity contribution in [1.82, 2.24) is 0 Å². The van der Waals surface area contributed by atoms with Gasteiger partial charge in [-0.05, 0) is 50.1 Å². The fraction of sp³-hybridized carbons (Fsp3) is 0. The standard InChI is InChI=1S/C6H4Br2S.CHClO2/c7-5-2-1-4(9)3-6(5)8;2-1(3)4/h1-3,9H;(H,3,4). The minimum absolute atomic E-state index is 0.963. The largest absolute Gasteiger partial charge is 0.469 e. The molecule has 0 saturated carbocycles. The Bertz CT molecular complexity index is 303. The van der Waals surface area contributed by atoms with Crippen LogP contribution in [-0.2, 0) is 0 Å². The van der Waals surface area contributed by atoms with Gasteiger partial charge in [-0.15, -0.1) is 12.6 Å². The number of halogens is 3. The second-order valence-electron chi connectivity index (χ2n) is 1.85. The zero-order chi connectivity index (χ0) is 10.4. The maximum absolute atomic E-state index is 8.77. The Labute approximate surface area is 103 Å². The predicted molar refractivity (Wildman–Crippen MR) is 63.0 cm³/mol. The molecule has 0 aromatic heterocycles. The molecule has 0 fully saturated rings. The van der Waals surface area contributed by atoms with Crippen molar-refractivity contribution in [2.75, 3.05) is 0 Å². The Balaban J connectivity index is 0.000000310. The van der Waals surface area contributed by atoms with Crippen molar-refractivity contribution >= 4 is 61.5 Å². The van der Waals surface area contributed by atoms with E-state index in [9.17, 15) is 0 Å². The lowest BCUT2D eigenvalue weighted by atomic mass is 10.4. The number of hydrogen-bond acceptors (Lipinski definition) is 2. The maximum atomic E-state index is 8.77. The smallest absolute Gasteiger partial charge is 0.401 e. The summed E-state index contributed by atoms with van der Waals surface area (Å²) < 4.78 is 2.09. The van der Waals surface area contributed by atoms with Crippen molar-refractivity contribution in [2.24, 2.45) is 0 Å². The minimum Gasteiger partial charge on any atom is -0.469 e. The van der Waals surface area contributed by atoms with E-state index in [1.807, 2.05) is 18.2 Å². The van der Waals surface area contributed by atoms with E-state index in [0.29, 0.717) is 0 Å². The van der Waals surface area contributed by atoms with Gasteiger partial charge in [-0.3, -0.25) is 0 Å². The molecule has 1 rings (SSSR count). The van der Waals surface area contributed by atoms with E-state index >= 15 is 0 Å². The molecule has 0 amide bonds. The van der Waals surface area contributed by atoms with Crippen molar-refractivity contribution in [2.45, 2.75) is 4.90 Å². The van der Waals surface area contributed by atoms with Crippen LogP contribution in [0.5, 0.6) is 0 Å². The van der Waals surface area contributed by atoms with Crippen LogP contribution in [-0.4, -0.2) is 10.5 Å². The van der Waals surface area contributed by atoms with Crippen molar-refractivity contribution in [3.8, 4) is 0 Å². The van der Waals surface area contributed by atoms with Gasteiger partial charge >= 0.3 is 5.43 Å². The maximum Gasteiger partial charge on any atom is 0.401 e. The number of rotatable bonds is 0. The Hall–Kier alpha value is 0.290. The van der Waals surface area contributed by atoms with Gasteiger partial charge in [0.25, 0.3) is 0 Å². The van der Waals surface area contributed by atoms with Crippen LogP contribution < -0.4 is 0 Å². The highest BCUT2D eigenvalue weighted by Crippen LogP contribution is 2.24. The highest BCUT2D eigenvalue weighted by molar-refractivity contribution is 9.13. The average Bonchev–Trinajstić information content (AvgIpc) is 1.96. The molecule has 0 bridgehead atoms. The Morgan fingerprint density at radius 2 is 1.85 bits per heavy atom. The van der Waals surface area contributed by atoms with Gasteiger partial charge in [0, 0.05) is 25.4 Å². The van der Waals surface area contributed by atoms with E-state index in [1.165, 1.54) is 0 Å². The molecule has 1 N–H and O–H groups in total. The Morgan fingerprint density at radius 1 is 1.38 bits per heavy atom. The first-order chi connectivity index (χ1) is 5.93. The third-order valence-corrected chi connectivity index (χ3v) is 3.06. The second-order valence-corrected chi connectivity index (χ2v) is 4.40. The van der Waals surface area contributed by atoms with E-state index < -0.39 is 5.43 Å². The molecule has 0 saturated heterocycles. The van der Waals surface area contributed by atoms with Crippen LogP contribution in [0.15, 0.2) is 32.0 Å². The van der Waals surface area contributed by atoms with Crippen LogP contribution >= 0.6 is 56.1 Å². The molecule has 0 heterocycles. The molecule has 1 aromatic carbocycles. The second kappa shape index (κ2) is 6.70. The van der Waals surface area contributed by atoms with E-state index in [0.717, 1.165) is 13.8 Å². The monoisotopic (exact) mass is 346 g/mol. The zero-order valence-corrected chi connectivity index (χ0v) is 11.0. The van der Waals surface area contributed by atoms with E-state index in [-0.39, 0.29) is 0 Å². The van der Waals surface area contributed by atoms with Crippen LogP contribution in [0.25, 0.3) is 0 Å². The molecule has 0 aliphatic rings. The number of carbonyl (C=O) groups is 1. The molecule has 72 valence electrons. The summed E-state index contributed by atoms with van der Waals surface area (Å²) in [5.74, 6) is 0. The molecule has 0 spiro atoms. The Morgan fingerprint density at radius 3 is 2.15 bits per heavy atom. The summed E-state index contributed by atoms with van der Waals surface area (Å²) in [6, 6.07) is 5.82. The SMILES string of the molecule is O=C(O)Cl.Sc1ccc(Br)c(Br)c1. The summed E-state index contributed by atoms with van der Waals surface area (Å²) in [6.45, 7) is 0. The molecule has 0 radical (unpaired) electrons. The van der Waals surface area contributed by atoms with Gasteiger partial charge in [-0.1, -0.05) is 0 Å². The molecular weight excluding hydrogens is 343 g/mol. The molecule has 0 atom stereocenters. The number of thiol groups is 1. The third-order valence-electron chi connectivity index (χ3n) is 0.903. The van der Waals surface area contributed by atoms with Gasteiger partial charge in [0.15, 0.2) is 0 Å². The lowest BCUT2D eigenvalue weighted by Crippen LogP contribution is -1.68. The molecular formula is C7H5Br2ClO2S. The first-order valence-electron chi connectivity index (χ1n) is 2.96. The van der Waals surface area contributed by atoms with Crippen LogP contribution in [0.1, 0.15) is 0 Å². The van der Waals surface area contributed by atoms with Crippen molar-refractivity contribution in [3.05, 3.63) is 27.1 Å². The molecule has 0 unspecified atom stereocenters. The summed E-state index contributed by atoms with van der Waals surface area (Å²) in [5, 5.41) is 7.18. The first kappa shape index (κ1) is 13.3. The zero-order valence-electron chi connectivity index (χ0n) is 6.17. The van der Waals surface area contributed by atoms with Crippen molar-refractivity contribution in [3.63, 3.8) is 0 Å². The Kier molecular flexibility index (Phi) is 6.85. The van der Waals surface area contributed by atoms with Gasteiger partial charge in [0.05, 0.1) is 0 Å². The van der Waals surface area contributed by atoms with Crippen molar-refractivity contribution < 1.29 is 9.90 Å². The van der Waals surface area contributed by atoms with Crippen LogP contribution in [0.2, 0.25) is 0 Å². The first-order valence-corrected chi connectivity index (χ1v) is 5.37. The summed E-state index contributed by atoms with van der Waals surface area (Å²) in [4.78, 5) is 9.73. The molecule has 2 nitrogen and oxygen atoms in total. The summed E-state index contributed by atoms with van der Waals surface area (Å²) >= 11 is 15.0. The van der Waals surface area contributed by atoms with E-state index in [2.05, 4.69) is 56.1 Å². The lowest BCUT2D eigenvalue weighted by Gasteiger charge is -1.94. The predicted octanol–water partition coefficient (Wildman–Crippen LogP) is 4.40. The van der Waals surface area contributed by atoms with Gasteiger partial charge in [-0.2, -0.15) is 0 Å². The number of carboxylic acid groups (broad SMARTS) is 1. The third kappa shape index (κ3) is 7.37. The fourth-order valence-corrected chi connectivity index (χ4v) is 1.49. The molecule has 6 heteroatoms. The topological polar surface area (TPSA) is 37.3 Å². The lowest BCUT2D eigenvalue weighted by molar-refractivity contribution is 0.220. The highest BCUT2D eigenvalue weighted by Gasteiger charge is 1.93. The number of hydrogen-bond donors (Lipinski definition) is 2. The quantitative estimate of drug-likeness (QED) is 0.538. The summed E-state index contributed by atoms with van der Waals surface area (Å²) in [5.41, 5.74) is -1.36. The molecule has 0 aliphatic heterocycles. The van der Waals surface area contributed by atoms with Gasteiger partial charge in [0.2, 0.25) is 0 Å². The fourth-order valence-electron chi connectivity index (χ4n) is 0.485. The molecule has 13 heavy (non-hydrogen) atoms. The van der Waals surface area contributed by atoms with Gasteiger partial charge < -0.3 is 5.11 Å². The highest BCUT2D eigenvalue weighted by atomic mass is 79.9. The average molecular weight is 348 g/mol. The number of benzene rings is 1. The summed E-state index contributed by atoms with van der Waals surface area (Å²) in [7, 11) is 0. The van der Waals surface area contributed by atoms with Crippen LogP contribution in [0.4, 0.5) is 4.79 Å². The van der Waals surface area contributed by atoms with Gasteiger partial charge in [0.1, 0.15) is 0 Å². The normalized spacial score (nSPS) is 8.62. The van der Waals surface area contributed by atoms with Crippen LogP contribution in [0, 0.1) is 0 Å². The van der Waals surface area contributed by atoms with E-state index in [1.54, 1.807) is 0 Å². The van der Waals surface area contributed by atoms with E-state index in [4.69, 9.17) is 9.90 Å². The van der Waals surface area contributed by atoms with Gasteiger partial charge in [-0.25, -0.2) is 4.79 Å². The van der Waals surface area contributed by atoms with Crippen LogP contribution in [0.3, 0.4) is 0 Å². The molecule has 1 aromatic rings. The molecule has 0 aliphatic carbocycles. The van der Waals surface area contributed by atoms with Crippen molar-refractivity contribution in [1.29, 1.82) is 0 Å². The summed E-state index contributed by atoms with van der Waals surface area (Å²) in [6.07, 6.45) is 0.